The van der Waals surface area contributed by atoms with Crippen LogP contribution in [0.3, 0.4) is 0 Å². The summed E-state index contributed by atoms with van der Waals surface area (Å²) in [6.07, 6.45) is 9.45. The predicted molar refractivity (Wildman–Crippen MR) is 71.5 cm³/mol. The number of aromatic nitrogens is 3. The van der Waals surface area contributed by atoms with Crippen LogP contribution in [-0.2, 0) is 6.54 Å². The number of aryl methyl sites for hydroxylation is 1. The first-order chi connectivity index (χ1) is 8.83. The van der Waals surface area contributed by atoms with Crippen LogP contribution in [0, 0.1) is 6.92 Å². The topological polar surface area (TPSA) is 42.2 Å². The second-order valence-electron chi connectivity index (χ2n) is 4.30. The van der Waals surface area contributed by atoms with Crippen molar-refractivity contribution in [3.63, 3.8) is 0 Å². The quantitative estimate of drug-likeness (QED) is 0.762. The van der Waals surface area contributed by atoms with Crippen molar-refractivity contribution in [1.29, 1.82) is 0 Å². The monoisotopic (exact) mass is 238 g/mol. The zero-order valence-corrected chi connectivity index (χ0v) is 10.2. The maximum Gasteiger partial charge on any atom is 0.160 e. The summed E-state index contributed by atoms with van der Waals surface area (Å²) in [5, 5.41) is 3.42. The molecular weight excluding hydrogens is 224 g/mol. The van der Waals surface area contributed by atoms with Gasteiger partial charge >= 0.3 is 0 Å². The van der Waals surface area contributed by atoms with Crippen molar-refractivity contribution in [3.8, 4) is 0 Å². The van der Waals surface area contributed by atoms with Gasteiger partial charge in [0.25, 0.3) is 0 Å². The summed E-state index contributed by atoms with van der Waals surface area (Å²) in [4.78, 5) is 8.37. The van der Waals surface area contributed by atoms with Crippen molar-refractivity contribution in [2.24, 2.45) is 0 Å². The molecule has 0 saturated heterocycles. The highest BCUT2D eigenvalue weighted by molar-refractivity contribution is 5.68. The van der Waals surface area contributed by atoms with Gasteiger partial charge in [0.05, 0.1) is 5.69 Å². The molecule has 0 spiro atoms. The number of hydrogen-bond donors (Lipinski definition) is 1. The number of rotatable bonds is 3. The normalized spacial score (nSPS) is 10.7. The molecule has 0 aliphatic rings. The van der Waals surface area contributed by atoms with Crippen LogP contribution < -0.4 is 5.32 Å². The van der Waals surface area contributed by atoms with Crippen LogP contribution in [0.4, 0.5) is 5.69 Å². The zero-order valence-electron chi connectivity index (χ0n) is 10.2. The molecule has 4 nitrogen and oxygen atoms in total. The molecule has 3 rings (SSSR count). The lowest BCUT2D eigenvalue weighted by Gasteiger charge is -2.09. The van der Waals surface area contributed by atoms with Gasteiger partial charge in [-0.3, -0.25) is 4.98 Å². The smallest absolute Gasteiger partial charge is 0.160 e. The molecule has 0 saturated carbocycles. The zero-order chi connectivity index (χ0) is 12.4. The Labute approximate surface area is 105 Å². The van der Waals surface area contributed by atoms with Gasteiger partial charge in [0.15, 0.2) is 5.65 Å². The van der Waals surface area contributed by atoms with E-state index in [2.05, 4.69) is 34.5 Å². The van der Waals surface area contributed by atoms with Crippen molar-refractivity contribution in [3.05, 3.63) is 60.3 Å². The number of fused-ring (bicyclic) bond motifs is 1. The third kappa shape index (κ3) is 2.05. The Kier molecular flexibility index (Phi) is 2.68. The van der Waals surface area contributed by atoms with Gasteiger partial charge in [-0.25, -0.2) is 4.98 Å². The first-order valence-electron chi connectivity index (χ1n) is 5.89. The van der Waals surface area contributed by atoms with E-state index in [-0.39, 0.29) is 0 Å². The van der Waals surface area contributed by atoms with Crippen LogP contribution in [0.25, 0.3) is 5.65 Å². The van der Waals surface area contributed by atoms with E-state index in [0.29, 0.717) is 0 Å². The Hall–Kier alpha value is -2.36. The van der Waals surface area contributed by atoms with E-state index in [9.17, 15) is 0 Å². The maximum atomic E-state index is 4.36. The van der Waals surface area contributed by atoms with Gasteiger partial charge in [-0.1, -0.05) is 0 Å². The van der Waals surface area contributed by atoms with E-state index in [0.717, 1.165) is 17.9 Å². The van der Waals surface area contributed by atoms with Gasteiger partial charge < -0.3 is 9.72 Å². The Morgan fingerprint density at radius 3 is 2.89 bits per heavy atom. The molecule has 4 heteroatoms. The first kappa shape index (κ1) is 10.8. The van der Waals surface area contributed by atoms with Crippen molar-refractivity contribution < 1.29 is 0 Å². The Morgan fingerprint density at radius 1 is 1.22 bits per heavy atom. The minimum Gasteiger partial charge on any atom is -0.378 e. The number of nitrogens with zero attached hydrogens (tertiary/aromatic N) is 3. The van der Waals surface area contributed by atoms with E-state index < -0.39 is 0 Å². The van der Waals surface area contributed by atoms with Gasteiger partial charge in [0.1, 0.15) is 0 Å². The van der Waals surface area contributed by atoms with E-state index in [1.54, 1.807) is 12.4 Å². The highest BCUT2D eigenvalue weighted by Crippen LogP contribution is 2.18. The molecule has 0 aromatic carbocycles. The molecule has 18 heavy (non-hydrogen) atoms. The summed E-state index contributed by atoms with van der Waals surface area (Å²) in [6, 6.07) is 6.13. The highest BCUT2D eigenvalue weighted by Gasteiger charge is 2.03. The molecular formula is C14H14N4. The Balaban J connectivity index is 1.88. The molecule has 3 heterocycles. The fourth-order valence-corrected chi connectivity index (χ4v) is 2.00. The molecule has 90 valence electrons. The maximum absolute atomic E-state index is 4.36. The number of hydrogen-bond acceptors (Lipinski definition) is 3. The minimum absolute atomic E-state index is 0.772. The van der Waals surface area contributed by atoms with E-state index in [1.165, 1.54) is 11.1 Å². The van der Waals surface area contributed by atoms with Crippen LogP contribution in [0.2, 0.25) is 0 Å². The lowest BCUT2D eigenvalue weighted by Crippen LogP contribution is -2.02. The van der Waals surface area contributed by atoms with Crippen LogP contribution in [0.15, 0.2) is 49.2 Å². The van der Waals surface area contributed by atoms with Crippen LogP contribution in [0.1, 0.15) is 11.1 Å². The number of nitrogens with one attached hydrogen (secondary N) is 1. The molecule has 0 atom stereocenters. The third-order valence-corrected chi connectivity index (χ3v) is 2.86. The molecule has 0 aliphatic heterocycles. The van der Waals surface area contributed by atoms with Gasteiger partial charge in [0.2, 0.25) is 0 Å². The molecule has 0 aliphatic carbocycles. The van der Waals surface area contributed by atoms with E-state index in [1.807, 2.05) is 28.9 Å². The molecule has 0 radical (unpaired) electrons. The molecule has 1 N–H and O–H groups in total. The molecule has 0 bridgehead atoms. The van der Waals surface area contributed by atoms with Crippen molar-refractivity contribution in [2.75, 3.05) is 5.32 Å². The Morgan fingerprint density at radius 2 is 2.06 bits per heavy atom. The van der Waals surface area contributed by atoms with E-state index in [4.69, 9.17) is 0 Å². The van der Waals surface area contributed by atoms with Gasteiger partial charge in [0, 0.05) is 37.5 Å². The molecule has 0 amide bonds. The molecule has 3 aromatic heterocycles. The summed E-state index contributed by atoms with van der Waals surface area (Å²) in [5.41, 5.74) is 4.42. The van der Waals surface area contributed by atoms with Gasteiger partial charge in [-0.15, -0.1) is 0 Å². The summed E-state index contributed by atoms with van der Waals surface area (Å²) in [7, 11) is 0. The average molecular weight is 238 g/mol. The second-order valence-corrected chi connectivity index (χ2v) is 4.30. The number of pyridine rings is 2. The average Bonchev–Trinajstić information content (AvgIpc) is 2.85. The molecule has 0 fully saturated rings. The SMILES string of the molecule is Cc1cc(NCc2ccncc2)c2nccn2c1. The second kappa shape index (κ2) is 4.49. The lowest BCUT2D eigenvalue weighted by atomic mass is 10.2. The van der Waals surface area contributed by atoms with Crippen LogP contribution >= 0.6 is 0 Å². The summed E-state index contributed by atoms with van der Waals surface area (Å²) in [6.45, 7) is 2.85. The summed E-state index contributed by atoms with van der Waals surface area (Å²) >= 11 is 0. The predicted octanol–water partition coefficient (Wildman–Crippen LogP) is 2.65. The molecule has 3 aromatic rings. The standard InChI is InChI=1S/C14H14N4/c1-11-8-13(14-16-6-7-18(14)10-11)17-9-12-2-4-15-5-3-12/h2-8,10,17H,9H2,1H3. The largest absolute Gasteiger partial charge is 0.378 e. The van der Waals surface area contributed by atoms with Gasteiger partial charge in [-0.05, 0) is 36.2 Å². The van der Waals surface area contributed by atoms with Crippen LogP contribution in [-0.4, -0.2) is 14.4 Å². The van der Waals surface area contributed by atoms with Crippen molar-refractivity contribution in [2.45, 2.75) is 13.5 Å². The minimum atomic E-state index is 0.772. The Bertz CT molecular complexity index is 658. The van der Waals surface area contributed by atoms with Crippen molar-refractivity contribution >= 4 is 11.3 Å². The molecule has 0 unspecified atom stereocenters. The van der Waals surface area contributed by atoms with Crippen molar-refractivity contribution in [1.82, 2.24) is 14.4 Å². The summed E-state index contributed by atoms with van der Waals surface area (Å²) < 4.78 is 2.03. The number of anilines is 1. The number of imidazole rings is 1. The van der Waals surface area contributed by atoms with Crippen LogP contribution in [0.5, 0.6) is 0 Å². The lowest BCUT2D eigenvalue weighted by molar-refractivity contribution is 1.10. The third-order valence-electron chi connectivity index (χ3n) is 2.86. The van der Waals surface area contributed by atoms with E-state index >= 15 is 0 Å². The highest BCUT2D eigenvalue weighted by atomic mass is 15.0. The summed E-state index contributed by atoms with van der Waals surface area (Å²) in [5.74, 6) is 0. The first-order valence-corrected chi connectivity index (χ1v) is 5.89. The van der Waals surface area contributed by atoms with Gasteiger partial charge in [-0.2, -0.15) is 0 Å². The fraction of sp³-hybridized carbons (Fsp3) is 0.143. The fourth-order valence-electron chi connectivity index (χ4n) is 2.00.